The van der Waals surface area contributed by atoms with E-state index in [1.807, 2.05) is 13.8 Å². The minimum absolute atomic E-state index is 0.438. The Bertz CT molecular complexity index is 424. The van der Waals surface area contributed by atoms with Gasteiger partial charge in [-0.1, -0.05) is 13.8 Å². The van der Waals surface area contributed by atoms with Crippen LogP contribution < -0.4 is 0 Å². The number of hydrogen-bond acceptors (Lipinski definition) is 2. The third kappa shape index (κ3) is 3.94. The van der Waals surface area contributed by atoms with Gasteiger partial charge < -0.3 is 0 Å². The number of Topliss-reactive ketones (excluding diaryl/α,β-unsaturated/α-hetero) is 2. The van der Waals surface area contributed by atoms with Crippen molar-refractivity contribution in [2.24, 2.45) is 22.7 Å². The van der Waals surface area contributed by atoms with Crippen LogP contribution in [0, 0.1) is 22.7 Å². The van der Waals surface area contributed by atoms with Crippen molar-refractivity contribution in [2.75, 3.05) is 0 Å². The first-order chi connectivity index (χ1) is 11.5. The highest BCUT2D eigenvalue weighted by Crippen LogP contribution is 2.67. The highest BCUT2D eigenvalue weighted by molar-refractivity contribution is 5.78. The summed E-state index contributed by atoms with van der Waals surface area (Å²) in [6, 6.07) is 0. The maximum Gasteiger partial charge on any atom is 0.132 e. The van der Waals surface area contributed by atoms with Crippen LogP contribution in [0.3, 0.4) is 0 Å². The lowest BCUT2D eigenvalue weighted by Gasteiger charge is -2.63. The van der Waals surface area contributed by atoms with Crippen molar-refractivity contribution in [2.45, 2.75) is 104 Å². The predicted octanol–water partition coefficient (Wildman–Crippen LogP) is 5.87. The van der Waals surface area contributed by atoms with Crippen molar-refractivity contribution in [1.29, 1.82) is 0 Å². The Morgan fingerprint density at radius 3 is 1.58 bits per heavy atom. The summed E-state index contributed by atoms with van der Waals surface area (Å²) in [5.74, 6) is 2.75. The first kappa shape index (κ1) is 18.1. The molecule has 4 bridgehead atoms. The van der Waals surface area contributed by atoms with Crippen LogP contribution in [0.5, 0.6) is 0 Å². The Hall–Kier alpha value is -0.660. The maximum atomic E-state index is 11.7. The molecule has 4 saturated carbocycles. The molecule has 0 aromatic carbocycles. The first-order valence-electron chi connectivity index (χ1n) is 10.5. The van der Waals surface area contributed by atoms with Crippen molar-refractivity contribution in [3.63, 3.8) is 0 Å². The summed E-state index contributed by atoms with van der Waals surface area (Å²) in [7, 11) is 0. The summed E-state index contributed by atoms with van der Waals surface area (Å²) in [5, 5.41) is 0. The summed E-state index contributed by atoms with van der Waals surface area (Å²) >= 11 is 0. The average molecular weight is 333 g/mol. The van der Waals surface area contributed by atoms with E-state index in [4.69, 9.17) is 0 Å². The molecule has 0 unspecified atom stereocenters. The van der Waals surface area contributed by atoms with Gasteiger partial charge in [-0.3, -0.25) is 9.59 Å². The number of carbonyl (C=O) groups is 2. The van der Waals surface area contributed by atoms with Gasteiger partial charge in [0.05, 0.1) is 0 Å². The van der Waals surface area contributed by atoms with E-state index in [9.17, 15) is 9.59 Å². The van der Waals surface area contributed by atoms with Crippen molar-refractivity contribution in [3.8, 4) is 0 Å². The summed E-state index contributed by atoms with van der Waals surface area (Å²) in [6.07, 6.45) is 16.4. The van der Waals surface area contributed by atoms with Crippen LogP contribution >= 0.6 is 0 Å². The van der Waals surface area contributed by atoms with Crippen LogP contribution in [-0.2, 0) is 9.59 Å². The van der Waals surface area contributed by atoms with Gasteiger partial charge in [-0.2, -0.15) is 0 Å². The minimum Gasteiger partial charge on any atom is -0.300 e. The lowest BCUT2D eigenvalue weighted by Crippen LogP contribution is -2.51. The molecule has 0 radical (unpaired) electrons. The van der Waals surface area contributed by atoms with Gasteiger partial charge in [0, 0.05) is 25.7 Å². The maximum absolute atomic E-state index is 11.7. The highest BCUT2D eigenvalue weighted by atomic mass is 16.1. The number of rotatable bonds is 10. The third-order valence-corrected chi connectivity index (χ3v) is 7.42. The number of hydrogen-bond donors (Lipinski definition) is 0. The number of ketones is 2. The molecule has 0 aromatic rings. The smallest absolute Gasteiger partial charge is 0.132 e. The summed E-state index contributed by atoms with van der Waals surface area (Å²) in [6.45, 7) is 3.97. The van der Waals surface area contributed by atoms with Gasteiger partial charge in [-0.15, -0.1) is 0 Å². The molecule has 0 heterocycles. The third-order valence-electron chi connectivity index (χ3n) is 7.42. The first-order valence-corrected chi connectivity index (χ1v) is 10.5. The van der Waals surface area contributed by atoms with E-state index in [2.05, 4.69) is 0 Å². The van der Waals surface area contributed by atoms with Crippen LogP contribution in [0.15, 0.2) is 0 Å². The van der Waals surface area contributed by atoms with Crippen molar-refractivity contribution >= 4 is 11.6 Å². The van der Waals surface area contributed by atoms with E-state index in [1.165, 1.54) is 51.4 Å². The van der Waals surface area contributed by atoms with Gasteiger partial charge >= 0.3 is 0 Å². The van der Waals surface area contributed by atoms with E-state index in [-0.39, 0.29) is 0 Å². The molecule has 4 aliphatic rings. The van der Waals surface area contributed by atoms with E-state index < -0.39 is 0 Å². The number of carbonyl (C=O) groups excluding carboxylic acids is 2. The van der Waals surface area contributed by atoms with Gasteiger partial charge in [0.1, 0.15) is 11.6 Å². The predicted molar refractivity (Wildman–Crippen MR) is 97.8 cm³/mol. The lowest BCUT2D eigenvalue weighted by atomic mass is 9.42. The zero-order valence-electron chi connectivity index (χ0n) is 15.9. The second-order valence-corrected chi connectivity index (χ2v) is 9.45. The van der Waals surface area contributed by atoms with Gasteiger partial charge in [0.2, 0.25) is 0 Å². The molecular formula is C22H36O2. The molecule has 0 atom stereocenters. The summed E-state index contributed by atoms with van der Waals surface area (Å²) < 4.78 is 0. The summed E-state index contributed by atoms with van der Waals surface area (Å²) in [4.78, 5) is 23.3. The second kappa shape index (κ2) is 7.30. The SMILES string of the molecule is CCC(=O)CCCC12CC3CC(C1)CC(CCCC(=O)CC)(C3)C2. The van der Waals surface area contributed by atoms with E-state index in [0.717, 1.165) is 37.5 Å². The van der Waals surface area contributed by atoms with Crippen molar-refractivity contribution < 1.29 is 9.59 Å². The Kier molecular flexibility index (Phi) is 5.52. The normalized spacial score (nSPS) is 36.9. The molecule has 0 spiro atoms. The van der Waals surface area contributed by atoms with E-state index >= 15 is 0 Å². The fraction of sp³-hybridized carbons (Fsp3) is 0.909. The van der Waals surface area contributed by atoms with E-state index in [0.29, 0.717) is 35.2 Å². The Balaban J connectivity index is 1.59. The fourth-order valence-electron chi connectivity index (χ4n) is 6.91. The molecule has 0 aliphatic heterocycles. The molecule has 136 valence electrons. The minimum atomic E-state index is 0.438. The molecule has 4 fully saturated rings. The molecule has 0 aromatic heterocycles. The molecule has 24 heavy (non-hydrogen) atoms. The van der Waals surface area contributed by atoms with Gasteiger partial charge in [0.25, 0.3) is 0 Å². The molecule has 0 saturated heterocycles. The van der Waals surface area contributed by atoms with Crippen LogP contribution in [0.2, 0.25) is 0 Å². The molecule has 2 nitrogen and oxygen atoms in total. The monoisotopic (exact) mass is 332 g/mol. The van der Waals surface area contributed by atoms with Gasteiger partial charge in [-0.25, -0.2) is 0 Å². The molecule has 4 rings (SSSR count). The standard InChI is InChI=1S/C22H36O2/c1-3-19(23)7-5-9-21-12-17-11-18(13-21)15-22(14-17,16-21)10-6-8-20(24)4-2/h17-18H,3-16H2,1-2H3. The van der Waals surface area contributed by atoms with Gasteiger partial charge in [0.15, 0.2) is 0 Å². The van der Waals surface area contributed by atoms with Crippen LogP contribution in [0.25, 0.3) is 0 Å². The molecule has 2 heteroatoms. The Morgan fingerprint density at radius 1 is 0.792 bits per heavy atom. The quantitative estimate of drug-likeness (QED) is 0.501. The summed E-state index contributed by atoms with van der Waals surface area (Å²) in [5.41, 5.74) is 1.10. The largest absolute Gasteiger partial charge is 0.300 e. The van der Waals surface area contributed by atoms with E-state index in [1.54, 1.807) is 0 Å². The highest BCUT2D eigenvalue weighted by Gasteiger charge is 2.56. The molecule has 0 amide bonds. The zero-order chi connectivity index (χ0) is 17.2. The van der Waals surface area contributed by atoms with Crippen LogP contribution in [0.1, 0.15) is 104 Å². The Labute approximate surface area is 148 Å². The average Bonchev–Trinajstić information content (AvgIpc) is 2.52. The second-order valence-electron chi connectivity index (χ2n) is 9.45. The van der Waals surface area contributed by atoms with Crippen molar-refractivity contribution in [1.82, 2.24) is 0 Å². The Morgan fingerprint density at radius 2 is 1.21 bits per heavy atom. The molecular weight excluding hydrogens is 296 g/mol. The topological polar surface area (TPSA) is 34.1 Å². The molecule has 0 N–H and O–H groups in total. The van der Waals surface area contributed by atoms with Crippen LogP contribution in [0.4, 0.5) is 0 Å². The fourth-order valence-corrected chi connectivity index (χ4v) is 6.91. The van der Waals surface area contributed by atoms with Crippen LogP contribution in [-0.4, -0.2) is 11.6 Å². The van der Waals surface area contributed by atoms with Gasteiger partial charge in [-0.05, 0) is 86.9 Å². The molecule has 4 aliphatic carbocycles. The zero-order valence-corrected chi connectivity index (χ0v) is 15.9. The lowest BCUT2D eigenvalue weighted by molar-refractivity contribution is -0.124. The van der Waals surface area contributed by atoms with Crippen molar-refractivity contribution in [3.05, 3.63) is 0 Å².